The fraction of sp³-hybridized carbons (Fsp3) is 0.500. The highest BCUT2D eigenvalue weighted by molar-refractivity contribution is 5.80. The minimum atomic E-state index is -1.02. The van der Waals surface area contributed by atoms with E-state index in [1.54, 1.807) is 19.1 Å². The molecule has 0 spiro atoms. The van der Waals surface area contributed by atoms with Gasteiger partial charge in [-0.3, -0.25) is 4.79 Å². The zero-order chi connectivity index (χ0) is 13.9. The van der Waals surface area contributed by atoms with E-state index in [1.807, 2.05) is 13.8 Å². The molecule has 0 aliphatic heterocycles. The number of rotatable bonds is 4. The van der Waals surface area contributed by atoms with Crippen molar-refractivity contribution in [2.75, 3.05) is 6.54 Å². The summed E-state index contributed by atoms with van der Waals surface area (Å²) in [5.41, 5.74) is 1.22. The number of carbonyl (C=O) groups is 1. The van der Waals surface area contributed by atoms with Crippen LogP contribution in [0, 0.1) is 12.7 Å². The Morgan fingerprint density at radius 3 is 2.61 bits per heavy atom. The van der Waals surface area contributed by atoms with Crippen molar-refractivity contribution in [1.82, 2.24) is 5.32 Å². The number of amides is 1. The number of halogens is 1. The lowest BCUT2D eigenvalue weighted by molar-refractivity contribution is -0.128. The molecule has 18 heavy (non-hydrogen) atoms. The standard InChI is InChI=1S/C14H20FNO2/c1-9-7-11(5-6-12(9)15)14(3,4)8-16-13(18)10(2)17/h5-7,10,17H,8H2,1-4H3,(H,16,18). The number of hydrogen-bond donors (Lipinski definition) is 2. The highest BCUT2D eigenvalue weighted by atomic mass is 19.1. The Labute approximate surface area is 107 Å². The lowest BCUT2D eigenvalue weighted by Gasteiger charge is -2.26. The van der Waals surface area contributed by atoms with Gasteiger partial charge in [0.05, 0.1) is 0 Å². The third kappa shape index (κ3) is 3.53. The first-order valence-corrected chi connectivity index (χ1v) is 5.96. The molecule has 0 radical (unpaired) electrons. The molecule has 4 heteroatoms. The molecule has 0 aliphatic rings. The van der Waals surface area contributed by atoms with Gasteiger partial charge in [0, 0.05) is 12.0 Å². The molecule has 1 amide bonds. The van der Waals surface area contributed by atoms with E-state index >= 15 is 0 Å². The predicted molar refractivity (Wildman–Crippen MR) is 68.9 cm³/mol. The van der Waals surface area contributed by atoms with Gasteiger partial charge in [0.2, 0.25) is 5.91 Å². The van der Waals surface area contributed by atoms with E-state index in [4.69, 9.17) is 5.11 Å². The van der Waals surface area contributed by atoms with Crippen LogP contribution in [0.4, 0.5) is 4.39 Å². The molecule has 3 nitrogen and oxygen atoms in total. The zero-order valence-corrected chi connectivity index (χ0v) is 11.2. The molecule has 1 rings (SSSR count). The van der Waals surface area contributed by atoms with Crippen LogP contribution in [0.25, 0.3) is 0 Å². The highest BCUT2D eigenvalue weighted by Gasteiger charge is 2.23. The van der Waals surface area contributed by atoms with Gasteiger partial charge in [-0.15, -0.1) is 0 Å². The average Bonchev–Trinajstić information content (AvgIpc) is 2.29. The van der Waals surface area contributed by atoms with Gasteiger partial charge in [0.25, 0.3) is 0 Å². The first-order valence-electron chi connectivity index (χ1n) is 5.96. The third-order valence-corrected chi connectivity index (χ3v) is 3.02. The normalized spacial score (nSPS) is 13.2. The molecule has 0 bridgehead atoms. The topological polar surface area (TPSA) is 49.3 Å². The van der Waals surface area contributed by atoms with E-state index in [2.05, 4.69) is 5.32 Å². The number of aliphatic hydroxyl groups is 1. The lowest BCUT2D eigenvalue weighted by atomic mass is 9.84. The van der Waals surface area contributed by atoms with Crippen molar-refractivity contribution in [3.8, 4) is 0 Å². The van der Waals surface area contributed by atoms with Gasteiger partial charge in [-0.2, -0.15) is 0 Å². The van der Waals surface area contributed by atoms with E-state index in [1.165, 1.54) is 13.0 Å². The fourth-order valence-electron chi connectivity index (χ4n) is 1.62. The van der Waals surface area contributed by atoms with Crippen LogP contribution in [-0.2, 0) is 10.2 Å². The second kappa shape index (κ2) is 5.48. The molecule has 0 aromatic heterocycles. The Kier molecular flexibility index (Phi) is 4.46. The summed E-state index contributed by atoms with van der Waals surface area (Å²) >= 11 is 0. The molecule has 0 saturated heterocycles. The van der Waals surface area contributed by atoms with Gasteiger partial charge >= 0.3 is 0 Å². The summed E-state index contributed by atoms with van der Waals surface area (Å²) < 4.78 is 13.2. The third-order valence-electron chi connectivity index (χ3n) is 3.02. The van der Waals surface area contributed by atoms with Gasteiger partial charge in [0.15, 0.2) is 0 Å². The van der Waals surface area contributed by atoms with Crippen LogP contribution in [0.15, 0.2) is 18.2 Å². The fourth-order valence-corrected chi connectivity index (χ4v) is 1.62. The van der Waals surface area contributed by atoms with Crippen LogP contribution in [0.1, 0.15) is 31.9 Å². The molecule has 0 fully saturated rings. The Morgan fingerprint density at radius 2 is 2.11 bits per heavy atom. The lowest BCUT2D eigenvalue weighted by Crippen LogP contribution is -2.40. The van der Waals surface area contributed by atoms with E-state index < -0.39 is 12.0 Å². The van der Waals surface area contributed by atoms with Gasteiger partial charge in [-0.25, -0.2) is 4.39 Å². The van der Waals surface area contributed by atoms with Gasteiger partial charge in [0.1, 0.15) is 11.9 Å². The van der Waals surface area contributed by atoms with Crippen LogP contribution in [0.2, 0.25) is 0 Å². The van der Waals surface area contributed by atoms with Crippen LogP contribution in [0.5, 0.6) is 0 Å². The predicted octanol–water partition coefficient (Wildman–Crippen LogP) is 1.91. The Morgan fingerprint density at radius 1 is 1.50 bits per heavy atom. The summed E-state index contributed by atoms with van der Waals surface area (Å²) in [6.45, 7) is 7.44. The number of nitrogens with one attached hydrogen (secondary N) is 1. The first-order chi connectivity index (χ1) is 8.24. The Hall–Kier alpha value is -1.42. The van der Waals surface area contributed by atoms with Crippen molar-refractivity contribution < 1.29 is 14.3 Å². The number of carbonyl (C=O) groups excluding carboxylic acids is 1. The molecule has 1 aromatic carbocycles. The van der Waals surface area contributed by atoms with E-state index in [9.17, 15) is 9.18 Å². The molecule has 1 unspecified atom stereocenters. The smallest absolute Gasteiger partial charge is 0.248 e. The summed E-state index contributed by atoms with van der Waals surface area (Å²) in [6.07, 6.45) is -1.02. The SMILES string of the molecule is Cc1cc(C(C)(C)CNC(=O)C(C)O)ccc1F. The molecular weight excluding hydrogens is 233 g/mol. The van der Waals surface area contributed by atoms with Crippen molar-refractivity contribution in [3.63, 3.8) is 0 Å². The number of benzene rings is 1. The van der Waals surface area contributed by atoms with Crippen LogP contribution in [-0.4, -0.2) is 23.7 Å². The summed E-state index contributed by atoms with van der Waals surface area (Å²) in [5, 5.41) is 11.8. The summed E-state index contributed by atoms with van der Waals surface area (Å²) in [7, 11) is 0. The van der Waals surface area contributed by atoms with Crippen LogP contribution in [0.3, 0.4) is 0 Å². The van der Waals surface area contributed by atoms with Crippen LogP contribution < -0.4 is 5.32 Å². The number of aliphatic hydroxyl groups excluding tert-OH is 1. The summed E-state index contributed by atoms with van der Waals surface area (Å²) in [5.74, 6) is -0.635. The molecule has 1 aromatic rings. The van der Waals surface area contributed by atoms with Gasteiger partial charge in [-0.05, 0) is 31.0 Å². The monoisotopic (exact) mass is 253 g/mol. The minimum Gasteiger partial charge on any atom is -0.384 e. The highest BCUT2D eigenvalue weighted by Crippen LogP contribution is 2.24. The second-order valence-electron chi connectivity index (χ2n) is 5.24. The number of hydrogen-bond acceptors (Lipinski definition) is 2. The molecule has 0 heterocycles. The van der Waals surface area contributed by atoms with E-state index in [0.29, 0.717) is 12.1 Å². The molecule has 100 valence electrons. The summed E-state index contributed by atoms with van der Waals surface area (Å²) in [6, 6.07) is 4.93. The largest absolute Gasteiger partial charge is 0.384 e. The second-order valence-corrected chi connectivity index (χ2v) is 5.24. The van der Waals surface area contributed by atoms with Crippen molar-refractivity contribution in [3.05, 3.63) is 35.1 Å². The Bertz CT molecular complexity index is 441. The Balaban J connectivity index is 2.79. The molecule has 0 aliphatic carbocycles. The average molecular weight is 253 g/mol. The quantitative estimate of drug-likeness (QED) is 0.861. The van der Waals surface area contributed by atoms with Crippen LogP contribution >= 0.6 is 0 Å². The molecular formula is C14H20FNO2. The molecule has 2 N–H and O–H groups in total. The van der Waals surface area contributed by atoms with Crippen molar-refractivity contribution in [2.24, 2.45) is 0 Å². The molecule has 1 atom stereocenters. The van der Waals surface area contributed by atoms with Gasteiger partial charge in [-0.1, -0.05) is 26.0 Å². The van der Waals surface area contributed by atoms with E-state index in [-0.39, 0.29) is 11.2 Å². The van der Waals surface area contributed by atoms with E-state index in [0.717, 1.165) is 5.56 Å². The maximum atomic E-state index is 13.2. The summed E-state index contributed by atoms with van der Waals surface area (Å²) in [4.78, 5) is 11.3. The molecule has 0 saturated carbocycles. The van der Waals surface area contributed by atoms with Crippen molar-refractivity contribution >= 4 is 5.91 Å². The minimum absolute atomic E-state index is 0.234. The van der Waals surface area contributed by atoms with Gasteiger partial charge < -0.3 is 10.4 Å². The maximum absolute atomic E-state index is 13.2. The zero-order valence-electron chi connectivity index (χ0n) is 11.2. The number of aryl methyl sites for hydroxylation is 1. The van der Waals surface area contributed by atoms with Crippen molar-refractivity contribution in [1.29, 1.82) is 0 Å². The maximum Gasteiger partial charge on any atom is 0.248 e. The van der Waals surface area contributed by atoms with Crippen molar-refractivity contribution in [2.45, 2.75) is 39.2 Å². The first kappa shape index (κ1) is 14.6.